The Labute approximate surface area is 120 Å². The smallest absolute Gasteiger partial charge is 0.248 e. The molecule has 2 aromatic rings. The molecule has 0 amide bonds. The second-order valence-electron chi connectivity index (χ2n) is 6.38. The van der Waals surface area contributed by atoms with Gasteiger partial charge in [0.15, 0.2) is 0 Å². The van der Waals surface area contributed by atoms with Crippen LogP contribution in [0.1, 0.15) is 43.4 Å². The molecule has 0 saturated carbocycles. The van der Waals surface area contributed by atoms with Gasteiger partial charge in [-0.3, -0.25) is 0 Å². The van der Waals surface area contributed by atoms with Crippen molar-refractivity contribution in [2.45, 2.75) is 53.6 Å². The number of rotatable bonds is 3. The largest absolute Gasteiger partial charge is 0.419 e. The summed E-state index contributed by atoms with van der Waals surface area (Å²) >= 11 is 0. The standard InChI is InChI=1S/C16H23N3O/c1-10-7-11(2)14(12(3)8-10)15-19-18-13(20-15)9-17-16(4,5)6/h7-8,17H,9H2,1-6H3. The summed E-state index contributed by atoms with van der Waals surface area (Å²) in [4.78, 5) is 0. The van der Waals surface area contributed by atoms with Crippen molar-refractivity contribution in [1.29, 1.82) is 0 Å². The first kappa shape index (κ1) is 14.7. The molecular formula is C16H23N3O. The van der Waals surface area contributed by atoms with E-state index in [1.165, 1.54) is 16.7 Å². The predicted octanol–water partition coefficient (Wildman–Crippen LogP) is 3.55. The van der Waals surface area contributed by atoms with Crippen LogP contribution in [0.4, 0.5) is 0 Å². The molecule has 0 unspecified atom stereocenters. The predicted molar refractivity (Wildman–Crippen MR) is 80.5 cm³/mol. The Morgan fingerprint density at radius 2 is 1.65 bits per heavy atom. The maximum atomic E-state index is 5.78. The molecule has 0 saturated heterocycles. The van der Waals surface area contributed by atoms with Gasteiger partial charge >= 0.3 is 0 Å². The Morgan fingerprint density at radius 3 is 2.20 bits per heavy atom. The normalized spacial score (nSPS) is 11.9. The van der Waals surface area contributed by atoms with Crippen LogP contribution in [0.25, 0.3) is 11.5 Å². The maximum Gasteiger partial charge on any atom is 0.248 e. The molecule has 0 spiro atoms. The van der Waals surface area contributed by atoms with E-state index in [2.05, 4.69) is 69.2 Å². The van der Waals surface area contributed by atoms with Gasteiger partial charge in [-0.2, -0.15) is 0 Å². The molecule has 0 aliphatic heterocycles. The summed E-state index contributed by atoms with van der Waals surface area (Å²) in [7, 11) is 0. The molecule has 2 rings (SSSR count). The van der Waals surface area contributed by atoms with E-state index in [0.717, 1.165) is 5.56 Å². The van der Waals surface area contributed by atoms with Gasteiger partial charge in [-0.25, -0.2) is 0 Å². The molecule has 0 aliphatic rings. The third kappa shape index (κ3) is 3.45. The van der Waals surface area contributed by atoms with Crippen LogP contribution in [0, 0.1) is 20.8 Å². The monoisotopic (exact) mass is 273 g/mol. The third-order valence-corrected chi connectivity index (χ3v) is 3.13. The highest BCUT2D eigenvalue weighted by molar-refractivity contribution is 5.63. The topological polar surface area (TPSA) is 51.0 Å². The van der Waals surface area contributed by atoms with Gasteiger partial charge in [0, 0.05) is 11.1 Å². The minimum Gasteiger partial charge on any atom is -0.419 e. The van der Waals surface area contributed by atoms with Gasteiger partial charge in [-0.15, -0.1) is 10.2 Å². The van der Waals surface area contributed by atoms with Crippen molar-refractivity contribution in [3.8, 4) is 11.5 Å². The second-order valence-corrected chi connectivity index (χ2v) is 6.38. The van der Waals surface area contributed by atoms with E-state index in [1.54, 1.807) is 0 Å². The van der Waals surface area contributed by atoms with E-state index < -0.39 is 0 Å². The summed E-state index contributed by atoms with van der Waals surface area (Å²) in [6.07, 6.45) is 0. The van der Waals surface area contributed by atoms with Crippen LogP contribution in [-0.2, 0) is 6.54 Å². The van der Waals surface area contributed by atoms with Crippen LogP contribution in [0.15, 0.2) is 16.5 Å². The van der Waals surface area contributed by atoms with E-state index in [0.29, 0.717) is 18.3 Å². The van der Waals surface area contributed by atoms with E-state index in [4.69, 9.17) is 4.42 Å². The fourth-order valence-corrected chi connectivity index (χ4v) is 2.28. The first-order valence-electron chi connectivity index (χ1n) is 6.92. The van der Waals surface area contributed by atoms with Crippen LogP contribution in [-0.4, -0.2) is 15.7 Å². The molecule has 1 aromatic carbocycles. The summed E-state index contributed by atoms with van der Waals surface area (Å²) in [5.74, 6) is 1.22. The molecule has 0 aliphatic carbocycles. The van der Waals surface area contributed by atoms with Gasteiger partial charge in [-0.05, 0) is 52.7 Å². The fourth-order valence-electron chi connectivity index (χ4n) is 2.28. The summed E-state index contributed by atoms with van der Waals surface area (Å²) in [6, 6.07) is 4.28. The van der Waals surface area contributed by atoms with E-state index >= 15 is 0 Å². The molecule has 1 heterocycles. The lowest BCUT2D eigenvalue weighted by atomic mass is 10.00. The lowest BCUT2D eigenvalue weighted by Gasteiger charge is -2.18. The van der Waals surface area contributed by atoms with Gasteiger partial charge < -0.3 is 9.73 Å². The number of benzene rings is 1. The first-order valence-corrected chi connectivity index (χ1v) is 6.92. The summed E-state index contributed by atoms with van der Waals surface area (Å²) in [6.45, 7) is 13.2. The highest BCUT2D eigenvalue weighted by Gasteiger charge is 2.15. The highest BCUT2D eigenvalue weighted by atomic mass is 16.4. The lowest BCUT2D eigenvalue weighted by molar-refractivity contribution is 0.383. The Kier molecular flexibility index (Phi) is 3.95. The molecule has 0 bridgehead atoms. The Morgan fingerprint density at radius 1 is 1.05 bits per heavy atom. The van der Waals surface area contributed by atoms with E-state index in [-0.39, 0.29) is 5.54 Å². The maximum absolute atomic E-state index is 5.78. The fraction of sp³-hybridized carbons (Fsp3) is 0.500. The van der Waals surface area contributed by atoms with Crippen LogP contribution in [0.5, 0.6) is 0 Å². The average Bonchev–Trinajstić information content (AvgIpc) is 2.72. The van der Waals surface area contributed by atoms with Crippen molar-refractivity contribution in [1.82, 2.24) is 15.5 Å². The molecule has 4 heteroatoms. The summed E-state index contributed by atoms with van der Waals surface area (Å²) in [5, 5.41) is 11.6. The molecule has 1 N–H and O–H groups in total. The zero-order valence-corrected chi connectivity index (χ0v) is 13.2. The molecule has 4 nitrogen and oxygen atoms in total. The number of nitrogens with one attached hydrogen (secondary N) is 1. The molecular weight excluding hydrogens is 250 g/mol. The van der Waals surface area contributed by atoms with Crippen molar-refractivity contribution < 1.29 is 4.42 Å². The zero-order chi connectivity index (χ0) is 14.9. The van der Waals surface area contributed by atoms with Gasteiger partial charge in [0.1, 0.15) is 0 Å². The number of nitrogens with zero attached hydrogens (tertiary/aromatic N) is 2. The van der Waals surface area contributed by atoms with Gasteiger partial charge in [-0.1, -0.05) is 17.7 Å². The second kappa shape index (κ2) is 5.37. The Bertz CT molecular complexity index is 585. The van der Waals surface area contributed by atoms with Gasteiger partial charge in [0.05, 0.1) is 6.54 Å². The van der Waals surface area contributed by atoms with Gasteiger partial charge in [0.2, 0.25) is 11.8 Å². The minimum absolute atomic E-state index is 0.0321. The van der Waals surface area contributed by atoms with Crippen molar-refractivity contribution in [2.75, 3.05) is 0 Å². The SMILES string of the molecule is Cc1cc(C)c(-c2nnc(CNC(C)(C)C)o2)c(C)c1. The van der Waals surface area contributed by atoms with Crippen LogP contribution in [0.2, 0.25) is 0 Å². The number of hydrogen-bond acceptors (Lipinski definition) is 4. The molecule has 108 valence electrons. The van der Waals surface area contributed by atoms with Crippen molar-refractivity contribution in [3.05, 3.63) is 34.7 Å². The lowest BCUT2D eigenvalue weighted by Crippen LogP contribution is -2.35. The van der Waals surface area contributed by atoms with Crippen molar-refractivity contribution in [2.24, 2.45) is 0 Å². The Balaban J connectivity index is 2.25. The highest BCUT2D eigenvalue weighted by Crippen LogP contribution is 2.27. The Hall–Kier alpha value is -1.68. The van der Waals surface area contributed by atoms with Crippen molar-refractivity contribution >= 4 is 0 Å². The quantitative estimate of drug-likeness (QED) is 0.929. The molecule has 1 aromatic heterocycles. The number of aryl methyl sites for hydroxylation is 3. The van der Waals surface area contributed by atoms with Gasteiger partial charge in [0.25, 0.3) is 0 Å². The third-order valence-electron chi connectivity index (χ3n) is 3.13. The van der Waals surface area contributed by atoms with Crippen LogP contribution < -0.4 is 5.32 Å². The van der Waals surface area contributed by atoms with Crippen LogP contribution >= 0.6 is 0 Å². The number of aromatic nitrogens is 2. The zero-order valence-electron chi connectivity index (χ0n) is 13.2. The first-order chi connectivity index (χ1) is 9.26. The minimum atomic E-state index is 0.0321. The van der Waals surface area contributed by atoms with Crippen LogP contribution in [0.3, 0.4) is 0 Å². The summed E-state index contributed by atoms with van der Waals surface area (Å²) in [5.41, 5.74) is 4.66. The molecule has 0 fully saturated rings. The van der Waals surface area contributed by atoms with Crippen molar-refractivity contribution in [3.63, 3.8) is 0 Å². The molecule has 20 heavy (non-hydrogen) atoms. The average molecular weight is 273 g/mol. The molecule has 0 radical (unpaired) electrons. The number of hydrogen-bond donors (Lipinski definition) is 1. The molecule has 0 atom stereocenters. The summed E-state index contributed by atoms with van der Waals surface area (Å²) < 4.78 is 5.78. The van der Waals surface area contributed by atoms with E-state index in [9.17, 15) is 0 Å². The van der Waals surface area contributed by atoms with E-state index in [1.807, 2.05) is 0 Å².